The van der Waals surface area contributed by atoms with Crippen molar-refractivity contribution in [3.63, 3.8) is 0 Å². The fourth-order valence-corrected chi connectivity index (χ4v) is 3.38. The van der Waals surface area contributed by atoms with Crippen LogP contribution in [0.1, 0.15) is 21.7 Å². The quantitative estimate of drug-likeness (QED) is 0.611. The maximum atomic E-state index is 12.8. The van der Waals surface area contributed by atoms with Gasteiger partial charge in [-0.15, -0.1) is 11.3 Å². The molecule has 8 nitrogen and oxygen atoms in total. The van der Waals surface area contributed by atoms with Gasteiger partial charge >= 0.3 is 0 Å². The van der Waals surface area contributed by atoms with Gasteiger partial charge in [-0.1, -0.05) is 0 Å². The zero-order valence-electron chi connectivity index (χ0n) is 13.9. The zero-order chi connectivity index (χ0) is 17.6. The van der Waals surface area contributed by atoms with Crippen molar-refractivity contribution >= 4 is 28.0 Å². The Morgan fingerprint density at radius 2 is 2.12 bits per heavy atom. The third kappa shape index (κ3) is 2.78. The van der Waals surface area contributed by atoms with Crippen LogP contribution in [0.25, 0.3) is 16.8 Å². The topological polar surface area (TPSA) is 90.0 Å². The van der Waals surface area contributed by atoms with Gasteiger partial charge in [-0.2, -0.15) is 10.2 Å². The van der Waals surface area contributed by atoms with Crippen molar-refractivity contribution in [3.05, 3.63) is 47.1 Å². The summed E-state index contributed by atoms with van der Waals surface area (Å²) in [6.07, 6.45) is 5.19. The molecular weight excluding hydrogens is 338 g/mol. The number of rotatable bonds is 3. The fourth-order valence-electron chi connectivity index (χ4n) is 2.70. The molecule has 1 N–H and O–H groups in total. The summed E-state index contributed by atoms with van der Waals surface area (Å²) < 4.78 is 3.35. The molecule has 4 aromatic heterocycles. The Bertz CT molecular complexity index is 1090. The van der Waals surface area contributed by atoms with Crippen molar-refractivity contribution in [1.29, 1.82) is 0 Å². The lowest BCUT2D eigenvalue weighted by molar-refractivity contribution is 0.102. The number of carbonyl (C=O) groups is 1. The van der Waals surface area contributed by atoms with Crippen LogP contribution in [-0.2, 0) is 7.05 Å². The Balaban J connectivity index is 1.81. The average molecular weight is 353 g/mol. The van der Waals surface area contributed by atoms with E-state index in [1.165, 1.54) is 17.7 Å². The van der Waals surface area contributed by atoms with Gasteiger partial charge in [-0.25, -0.2) is 14.5 Å². The Morgan fingerprint density at radius 3 is 2.80 bits per heavy atom. The number of carbonyl (C=O) groups excluding carboxylic acids is 1. The van der Waals surface area contributed by atoms with Gasteiger partial charge in [0.05, 0.1) is 17.0 Å². The summed E-state index contributed by atoms with van der Waals surface area (Å²) >= 11 is 1.39. The van der Waals surface area contributed by atoms with Gasteiger partial charge in [-0.05, 0) is 19.9 Å². The number of anilines is 1. The summed E-state index contributed by atoms with van der Waals surface area (Å²) in [5, 5.41) is 13.8. The number of aryl methyl sites for hydroxylation is 3. The highest BCUT2D eigenvalue weighted by atomic mass is 32.1. The molecule has 126 valence electrons. The smallest absolute Gasteiger partial charge is 0.261 e. The third-order valence-corrected chi connectivity index (χ3v) is 4.66. The summed E-state index contributed by atoms with van der Waals surface area (Å²) in [4.78, 5) is 21.2. The van der Waals surface area contributed by atoms with E-state index in [2.05, 4.69) is 25.5 Å². The predicted octanol–water partition coefficient (Wildman–Crippen LogP) is 2.46. The lowest BCUT2D eigenvalue weighted by Crippen LogP contribution is -2.14. The number of pyridine rings is 1. The number of hydrogen-bond donors (Lipinski definition) is 1. The molecule has 4 heterocycles. The Hall–Kier alpha value is -3.07. The molecule has 0 spiro atoms. The SMILES string of the molecule is Cc1csc(NC(=O)c2cc(-c3cn(C)nc3C)cn3ncnc23)n1. The first-order chi connectivity index (χ1) is 12.0. The van der Waals surface area contributed by atoms with Crippen molar-refractivity contribution in [2.75, 3.05) is 5.32 Å². The molecule has 0 aromatic carbocycles. The van der Waals surface area contributed by atoms with Crippen LogP contribution in [0.15, 0.2) is 30.2 Å². The molecule has 0 atom stereocenters. The molecule has 4 rings (SSSR count). The van der Waals surface area contributed by atoms with Crippen LogP contribution in [0, 0.1) is 13.8 Å². The van der Waals surface area contributed by atoms with Gasteiger partial charge in [-0.3, -0.25) is 14.8 Å². The summed E-state index contributed by atoms with van der Waals surface area (Å²) in [7, 11) is 1.86. The van der Waals surface area contributed by atoms with Crippen molar-refractivity contribution in [2.24, 2.45) is 7.05 Å². The van der Waals surface area contributed by atoms with E-state index in [0.29, 0.717) is 16.3 Å². The molecule has 0 saturated carbocycles. The van der Waals surface area contributed by atoms with Crippen molar-refractivity contribution in [3.8, 4) is 11.1 Å². The van der Waals surface area contributed by atoms with Gasteiger partial charge in [0.25, 0.3) is 5.91 Å². The van der Waals surface area contributed by atoms with Crippen LogP contribution in [0.2, 0.25) is 0 Å². The van der Waals surface area contributed by atoms with Crippen molar-refractivity contribution in [2.45, 2.75) is 13.8 Å². The lowest BCUT2D eigenvalue weighted by Gasteiger charge is -2.07. The van der Waals surface area contributed by atoms with Crippen molar-refractivity contribution < 1.29 is 4.79 Å². The average Bonchev–Trinajstić information content (AvgIpc) is 3.26. The van der Waals surface area contributed by atoms with E-state index in [9.17, 15) is 4.79 Å². The number of amides is 1. The lowest BCUT2D eigenvalue weighted by atomic mass is 10.1. The molecule has 9 heteroatoms. The third-order valence-electron chi connectivity index (χ3n) is 3.78. The Kier molecular flexibility index (Phi) is 3.57. The second-order valence-corrected chi connectivity index (χ2v) is 6.58. The van der Waals surface area contributed by atoms with E-state index < -0.39 is 0 Å². The van der Waals surface area contributed by atoms with E-state index in [0.717, 1.165) is 22.5 Å². The largest absolute Gasteiger partial charge is 0.298 e. The molecule has 4 aromatic rings. The molecule has 0 unspecified atom stereocenters. The molecular formula is C16H15N7OS. The zero-order valence-corrected chi connectivity index (χ0v) is 14.7. The summed E-state index contributed by atoms with van der Waals surface area (Å²) in [6, 6.07) is 1.81. The molecule has 0 aliphatic rings. The number of fused-ring (bicyclic) bond motifs is 1. The number of thiazole rings is 1. The molecule has 0 aliphatic heterocycles. The summed E-state index contributed by atoms with van der Waals surface area (Å²) in [5.41, 5.74) is 4.47. The molecule has 0 aliphatic carbocycles. The summed E-state index contributed by atoms with van der Waals surface area (Å²) in [6.45, 7) is 3.81. The predicted molar refractivity (Wildman–Crippen MR) is 94.7 cm³/mol. The minimum absolute atomic E-state index is 0.268. The number of aromatic nitrogens is 6. The van der Waals surface area contributed by atoms with Gasteiger partial charge in [0.15, 0.2) is 10.8 Å². The van der Waals surface area contributed by atoms with Crippen LogP contribution in [0.4, 0.5) is 5.13 Å². The first-order valence-electron chi connectivity index (χ1n) is 7.59. The number of nitrogens with zero attached hydrogens (tertiary/aromatic N) is 6. The molecule has 0 saturated heterocycles. The van der Waals surface area contributed by atoms with Crippen LogP contribution in [0.3, 0.4) is 0 Å². The highest BCUT2D eigenvalue weighted by Gasteiger charge is 2.17. The monoisotopic (exact) mass is 353 g/mol. The highest BCUT2D eigenvalue weighted by Crippen LogP contribution is 2.25. The standard InChI is InChI=1S/C16H15N7OS/c1-9-7-25-16(19-9)20-15(24)12-4-11(5-23-14(12)17-8-18-23)13-6-22(3)21-10(13)2/h4-8H,1-3H3,(H,19,20,24). The van der Waals surface area contributed by atoms with Crippen LogP contribution in [-0.4, -0.2) is 35.3 Å². The second-order valence-electron chi connectivity index (χ2n) is 5.72. The fraction of sp³-hybridized carbons (Fsp3) is 0.188. The maximum Gasteiger partial charge on any atom is 0.261 e. The second kappa shape index (κ2) is 5.78. The molecule has 0 radical (unpaired) electrons. The first kappa shape index (κ1) is 15.5. The van der Waals surface area contributed by atoms with E-state index in [1.54, 1.807) is 9.20 Å². The van der Waals surface area contributed by atoms with Crippen LogP contribution >= 0.6 is 11.3 Å². The highest BCUT2D eigenvalue weighted by molar-refractivity contribution is 7.13. The van der Waals surface area contributed by atoms with E-state index >= 15 is 0 Å². The normalized spacial score (nSPS) is 11.2. The Labute approximate surface area is 147 Å². The molecule has 0 bridgehead atoms. The van der Waals surface area contributed by atoms with Gasteiger partial charge < -0.3 is 0 Å². The van der Waals surface area contributed by atoms with Crippen LogP contribution in [0.5, 0.6) is 0 Å². The van der Waals surface area contributed by atoms with E-state index in [-0.39, 0.29) is 5.91 Å². The van der Waals surface area contributed by atoms with Crippen molar-refractivity contribution in [1.82, 2.24) is 29.4 Å². The molecule has 1 amide bonds. The van der Waals surface area contributed by atoms with Gasteiger partial charge in [0.2, 0.25) is 0 Å². The molecule has 0 fully saturated rings. The number of nitrogens with one attached hydrogen (secondary N) is 1. The van der Waals surface area contributed by atoms with E-state index in [1.807, 2.05) is 44.7 Å². The minimum Gasteiger partial charge on any atom is -0.298 e. The summed E-state index contributed by atoms with van der Waals surface area (Å²) in [5.74, 6) is -0.268. The van der Waals surface area contributed by atoms with E-state index in [4.69, 9.17) is 0 Å². The molecule has 25 heavy (non-hydrogen) atoms. The first-order valence-corrected chi connectivity index (χ1v) is 8.47. The van der Waals surface area contributed by atoms with Crippen LogP contribution < -0.4 is 5.32 Å². The minimum atomic E-state index is -0.268. The Morgan fingerprint density at radius 1 is 1.28 bits per heavy atom. The number of hydrogen-bond acceptors (Lipinski definition) is 6. The van der Waals surface area contributed by atoms with Gasteiger partial charge in [0, 0.05) is 35.9 Å². The van der Waals surface area contributed by atoms with Gasteiger partial charge in [0.1, 0.15) is 6.33 Å². The maximum absolute atomic E-state index is 12.8.